The molecule has 0 saturated carbocycles. The predicted molar refractivity (Wildman–Crippen MR) is 152 cm³/mol. The van der Waals surface area contributed by atoms with Gasteiger partial charge in [-0.05, 0) is 60.0 Å². The molecule has 1 heterocycles. The topological polar surface area (TPSA) is 43.8 Å². The van der Waals surface area contributed by atoms with Gasteiger partial charge in [-0.3, -0.25) is 4.79 Å². The summed E-state index contributed by atoms with van der Waals surface area (Å²) in [6.45, 7) is 0.357. The highest BCUT2D eigenvalue weighted by atomic mass is 16.3. The van der Waals surface area contributed by atoms with Crippen molar-refractivity contribution in [1.82, 2.24) is 0 Å². The van der Waals surface area contributed by atoms with Gasteiger partial charge in [0.15, 0.2) is 5.78 Å². The first-order chi connectivity index (χ1) is 18.1. The van der Waals surface area contributed by atoms with Gasteiger partial charge in [-0.15, -0.1) is 0 Å². The van der Waals surface area contributed by atoms with Gasteiger partial charge in [-0.25, -0.2) is 0 Å². The average molecular weight is 483 g/mol. The summed E-state index contributed by atoms with van der Waals surface area (Å²) in [5.74, 6) is -0.105. The number of Topliss-reactive ketones (excluding diaryl/α,β-unsaturated/α-hetero) is 1. The van der Waals surface area contributed by atoms with Crippen molar-refractivity contribution in [2.45, 2.75) is 0 Å². The van der Waals surface area contributed by atoms with E-state index in [4.69, 9.17) is 0 Å². The minimum atomic E-state index is -0.128. The van der Waals surface area contributed by atoms with Crippen molar-refractivity contribution in [2.24, 2.45) is 0 Å². The predicted octanol–water partition coefficient (Wildman–Crippen LogP) is 7.91. The van der Waals surface area contributed by atoms with Gasteiger partial charge in [0.05, 0.1) is 17.8 Å². The second-order valence-electron chi connectivity index (χ2n) is 9.25. The van der Waals surface area contributed by atoms with E-state index in [1.165, 1.54) is 5.39 Å². The molecule has 0 bridgehead atoms. The summed E-state index contributed by atoms with van der Waals surface area (Å²) in [4.78, 5) is 17.4. The van der Waals surface area contributed by atoms with Crippen LogP contribution in [-0.4, -0.2) is 24.5 Å². The van der Waals surface area contributed by atoms with Crippen LogP contribution in [0.25, 0.3) is 16.5 Å². The fourth-order valence-electron chi connectivity index (χ4n) is 5.09. The number of carbonyl (C=O) groups excluding carboxylic acids is 1. The average Bonchev–Trinajstić information content (AvgIpc) is 2.96. The molecule has 0 saturated heterocycles. The second-order valence-corrected chi connectivity index (χ2v) is 9.25. The first-order valence-corrected chi connectivity index (χ1v) is 12.3. The zero-order valence-corrected chi connectivity index (χ0v) is 20.5. The van der Waals surface area contributed by atoms with Crippen molar-refractivity contribution >= 4 is 45.1 Å². The molecule has 0 unspecified atom stereocenters. The zero-order chi connectivity index (χ0) is 25.4. The van der Waals surface area contributed by atoms with Gasteiger partial charge < -0.3 is 14.9 Å². The number of aliphatic hydroxyl groups is 1. The van der Waals surface area contributed by atoms with E-state index in [-0.39, 0.29) is 11.5 Å². The summed E-state index contributed by atoms with van der Waals surface area (Å²) < 4.78 is 0. The lowest BCUT2D eigenvalue weighted by Crippen LogP contribution is -2.31. The molecule has 1 aliphatic heterocycles. The quantitative estimate of drug-likeness (QED) is 0.209. The number of rotatable bonds is 4. The van der Waals surface area contributed by atoms with Crippen molar-refractivity contribution in [1.29, 1.82) is 0 Å². The van der Waals surface area contributed by atoms with Crippen LogP contribution in [0.1, 0.15) is 15.9 Å². The molecule has 5 aromatic rings. The molecule has 0 aromatic heterocycles. The Kier molecular flexibility index (Phi) is 5.70. The van der Waals surface area contributed by atoms with Crippen LogP contribution in [0, 0.1) is 0 Å². The van der Waals surface area contributed by atoms with E-state index in [1.807, 2.05) is 84.7 Å². The SMILES string of the molecule is CN1CC(=C(O)c2ccc(N(c3ccccc3)c3cccc4ccccc34)cc2)C(=O)c2ccccc21. The number of benzene rings is 5. The van der Waals surface area contributed by atoms with Gasteiger partial charge in [0, 0.05) is 40.6 Å². The van der Waals surface area contributed by atoms with Crippen LogP contribution in [-0.2, 0) is 0 Å². The molecular formula is C33H26N2O2. The van der Waals surface area contributed by atoms with Gasteiger partial charge in [0.25, 0.3) is 0 Å². The molecule has 0 atom stereocenters. The largest absolute Gasteiger partial charge is 0.507 e. The second kappa shape index (κ2) is 9.32. The summed E-state index contributed by atoms with van der Waals surface area (Å²) in [5.41, 5.74) is 5.58. The maximum Gasteiger partial charge on any atom is 0.196 e. The van der Waals surface area contributed by atoms with Crippen LogP contribution in [0.4, 0.5) is 22.7 Å². The van der Waals surface area contributed by atoms with E-state index in [2.05, 4.69) is 53.4 Å². The van der Waals surface area contributed by atoms with Crippen LogP contribution in [0.3, 0.4) is 0 Å². The lowest BCUT2D eigenvalue weighted by atomic mass is 9.93. The van der Waals surface area contributed by atoms with Gasteiger partial charge in [0.2, 0.25) is 0 Å². The molecule has 4 heteroatoms. The first-order valence-electron chi connectivity index (χ1n) is 12.3. The van der Waals surface area contributed by atoms with Crippen LogP contribution >= 0.6 is 0 Å². The number of hydrogen-bond acceptors (Lipinski definition) is 4. The number of hydrogen-bond donors (Lipinski definition) is 1. The Bertz CT molecular complexity index is 1630. The maximum absolute atomic E-state index is 13.2. The third-order valence-electron chi connectivity index (χ3n) is 6.94. The molecule has 6 rings (SSSR count). The third-order valence-corrected chi connectivity index (χ3v) is 6.94. The summed E-state index contributed by atoms with van der Waals surface area (Å²) >= 11 is 0. The van der Waals surface area contributed by atoms with E-state index in [1.54, 1.807) is 0 Å². The molecular weight excluding hydrogens is 456 g/mol. The number of carbonyl (C=O) groups is 1. The molecule has 180 valence electrons. The fraction of sp³-hybridized carbons (Fsp3) is 0.0606. The smallest absolute Gasteiger partial charge is 0.196 e. The Morgan fingerprint density at radius 2 is 1.38 bits per heavy atom. The van der Waals surface area contributed by atoms with Crippen LogP contribution in [0.15, 0.2) is 127 Å². The van der Waals surface area contributed by atoms with Crippen molar-refractivity contribution in [2.75, 3.05) is 23.4 Å². The molecule has 1 aliphatic rings. The number of ketones is 1. The zero-order valence-electron chi connectivity index (χ0n) is 20.5. The Morgan fingerprint density at radius 3 is 2.19 bits per heavy atom. The number of para-hydroxylation sites is 2. The van der Waals surface area contributed by atoms with Crippen molar-refractivity contribution < 1.29 is 9.90 Å². The highest BCUT2D eigenvalue weighted by Crippen LogP contribution is 2.39. The Morgan fingerprint density at radius 1 is 0.730 bits per heavy atom. The van der Waals surface area contributed by atoms with E-state index in [9.17, 15) is 9.90 Å². The van der Waals surface area contributed by atoms with Crippen molar-refractivity contribution in [3.8, 4) is 0 Å². The van der Waals surface area contributed by atoms with Gasteiger partial charge >= 0.3 is 0 Å². The number of anilines is 4. The highest BCUT2D eigenvalue weighted by molar-refractivity contribution is 6.17. The molecule has 5 aromatic carbocycles. The Balaban J connectivity index is 1.42. The van der Waals surface area contributed by atoms with Crippen LogP contribution < -0.4 is 9.80 Å². The summed E-state index contributed by atoms with van der Waals surface area (Å²) in [5, 5.41) is 13.5. The van der Waals surface area contributed by atoms with Gasteiger partial charge in [-0.2, -0.15) is 0 Å². The van der Waals surface area contributed by atoms with Crippen LogP contribution in [0.5, 0.6) is 0 Å². The van der Waals surface area contributed by atoms with E-state index in [0.29, 0.717) is 23.2 Å². The number of nitrogens with zero attached hydrogens (tertiary/aromatic N) is 2. The molecule has 4 nitrogen and oxygen atoms in total. The van der Waals surface area contributed by atoms with E-state index >= 15 is 0 Å². The van der Waals surface area contributed by atoms with Gasteiger partial charge in [0.1, 0.15) is 5.76 Å². The maximum atomic E-state index is 13.2. The lowest BCUT2D eigenvalue weighted by Gasteiger charge is -2.29. The summed E-state index contributed by atoms with van der Waals surface area (Å²) in [6.07, 6.45) is 0. The highest BCUT2D eigenvalue weighted by Gasteiger charge is 2.28. The molecule has 0 amide bonds. The normalized spacial score (nSPS) is 14.4. The monoisotopic (exact) mass is 482 g/mol. The molecule has 0 radical (unpaired) electrons. The standard InChI is InChI=1S/C33H26N2O2/c1-34-22-29(33(37)28-15-7-8-16-30(28)34)32(36)24-18-20-26(21-19-24)35(25-12-3-2-4-13-25)31-17-9-11-23-10-5-6-14-27(23)31/h2-21,36H,22H2,1H3. The minimum absolute atomic E-state index is 0.0225. The number of likely N-dealkylation sites (N-methyl/N-ethyl adjacent to an activating group) is 1. The van der Waals surface area contributed by atoms with E-state index in [0.717, 1.165) is 28.1 Å². The Hall–Kier alpha value is -4.83. The minimum Gasteiger partial charge on any atom is -0.507 e. The first kappa shape index (κ1) is 22.6. The molecule has 0 fully saturated rings. The van der Waals surface area contributed by atoms with Crippen molar-refractivity contribution in [3.63, 3.8) is 0 Å². The van der Waals surface area contributed by atoms with Crippen molar-refractivity contribution in [3.05, 3.63) is 138 Å². The lowest BCUT2D eigenvalue weighted by molar-refractivity contribution is 0.102. The number of fused-ring (bicyclic) bond motifs is 2. The van der Waals surface area contributed by atoms with Crippen LogP contribution in [0.2, 0.25) is 0 Å². The summed E-state index contributed by atoms with van der Waals surface area (Å²) in [7, 11) is 1.93. The molecule has 0 aliphatic carbocycles. The summed E-state index contributed by atoms with van der Waals surface area (Å²) in [6, 6.07) is 40.2. The number of aliphatic hydroxyl groups excluding tert-OH is 1. The molecule has 37 heavy (non-hydrogen) atoms. The fourth-order valence-corrected chi connectivity index (χ4v) is 5.09. The van der Waals surface area contributed by atoms with E-state index < -0.39 is 0 Å². The molecule has 0 spiro atoms. The third kappa shape index (κ3) is 4.03. The Labute approximate surface area is 216 Å². The molecule has 1 N–H and O–H groups in total. The van der Waals surface area contributed by atoms with Gasteiger partial charge in [-0.1, -0.05) is 66.7 Å².